The van der Waals surface area contributed by atoms with Crippen LogP contribution in [0.2, 0.25) is 0 Å². The Hall–Kier alpha value is -2.23. The third-order valence-electron chi connectivity index (χ3n) is 3.69. The van der Waals surface area contributed by atoms with Crippen molar-refractivity contribution in [1.29, 1.82) is 0 Å². The van der Waals surface area contributed by atoms with E-state index in [9.17, 15) is 4.79 Å². The summed E-state index contributed by atoms with van der Waals surface area (Å²) >= 11 is 7.17. The van der Waals surface area contributed by atoms with Crippen molar-refractivity contribution in [2.75, 3.05) is 0 Å². The maximum atomic E-state index is 11.1. The van der Waals surface area contributed by atoms with Gasteiger partial charge < -0.3 is 4.74 Å². The molecule has 25 heavy (non-hydrogen) atoms. The zero-order valence-corrected chi connectivity index (χ0v) is 15.1. The van der Waals surface area contributed by atoms with Gasteiger partial charge in [-0.2, -0.15) is 0 Å². The summed E-state index contributed by atoms with van der Waals surface area (Å²) < 4.78 is 5.99. The van der Waals surface area contributed by atoms with Gasteiger partial charge in [0.25, 0.3) is 5.24 Å². The van der Waals surface area contributed by atoms with Gasteiger partial charge in [-0.15, -0.1) is 11.8 Å². The predicted octanol–water partition coefficient (Wildman–Crippen LogP) is 5.94. The van der Waals surface area contributed by atoms with Gasteiger partial charge in [0.15, 0.2) is 0 Å². The second kappa shape index (κ2) is 8.75. The summed E-state index contributed by atoms with van der Waals surface area (Å²) in [6, 6.07) is 25.5. The molecule has 0 saturated heterocycles. The van der Waals surface area contributed by atoms with E-state index in [1.165, 1.54) is 0 Å². The zero-order valence-electron chi connectivity index (χ0n) is 13.5. The van der Waals surface area contributed by atoms with Crippen LogP contribution in [0.25, 0.3) is 0 Å². The number of carbonyl (C=O) groups excluding carboxylic acids is 1. The molecule has 0 fully saturated rings. The SMILES string of the molecule is O=C(Cl)c1ccc(SCc2ccccc2OCc2ccccc2)cc1. The molecule has 4 heteroatoms. The Morgan fingerprint density at radius 1 is 0.880 bits per heavy atom. The van der Waals surface area contributed by atoms with E-state index in [2.05, 4.69) is 18.2 Å². The van der Waals surface area contributed by atoms with Crippen LogP contribution in [0.3, 0.4) is 0 Å². The van der Waals surface area contributed by atoms with Gasteiger partial charge in [0.05, 0.1) is 0 Å². The monoisotopic (exact) mass is 368 g/mol. The molecular formula is C21H17ClO2S. The average molecular weight is 369 g/mol. The highest BCUT2D eigenvalue weighted by Crippen LogP contribution is 2.28. The zero-order chi connectivity index (χ0) is 17.5. The Morgan fingerprint density at radius 3 is 2.28 bits per heavy atom. The van der Waals surface area contributed by atoms with Crippen molar-refractivity contribution in [1.82, 2.24) is 0 Å². The quantitative estimate of drug-likeness (QED) is 0.381. The van der Waals surface area contributed by atoms with Gasteiger partial charge >= 0.3 is 0 Å². The predicted molar refractivity (Wildman–Crippen MR) is 103 cm³/mol. The van der Waals surface area contributed by atoms with Crippen LogP contribution in [0.5, 0.6) is 5.75 Å². The number of ether oxygens (including phenoxy) is 1. The first-order valence-electron chi connectivity index (χ1n) is 7.90. The van der Waals surface area contributed by atoms with Gasteiger partial charge in [-0.3, -0.25) is 4.79 Å². The molecule has 0 heterocycles. The molecule has 0 aliphatic heterocycles. The standard InChI is InChI=1S/C21H17ClO2S/c22-21(23)17-10-12-19(13-11-17)25-15-18-8-4-5-9-20(18)24-14-16-6-2-1-3-7-16/h1-13H,14-15H2. The van der Waals surface area contributed by atoms with Crippen LogP contribution in [0.1, 0.15) is 21.5 Å². The summed E-state index contributed by atoms with van der Waals surface area (Å²) in [5.74, 6) is 1.69. The van der Waals surface area contributed by atoms with Gasteiger partial charge in [0, 0.05) is 21.8 Å². The highest BCUT2D eigenvalue weighted by molar-refractivity contribution is 7.98. The second-order valence-corrected chi connectivity index (χ2v) is 6.86. The molecular weight excluding hydrogens is 352 g/mol. The Labute approximate surface area is 156 Å². The highest BCUT2D eigenvalue weighted by atomic mass is 35.5. The average Bonchev–Trinajstić information content (AvgIpc) is 2.66. The number of carbonyl (C=O) groups is 1. The molecule has 3 aromatic carbocycles. The summed E-state index contributed by atoms with van der Waals surface area (Å²) in [4.78, 5) is 12.2. The van der Waals surface area contributed by atoms with Crippen LogP contribution in [-0.2, 0) is 12.4 Å². The van der Waals surface area contributed by atoms with E-state index in [0.717, 1.165) is 27.5 Å². The number of halogens is 1. The van der Waals surface area contributed by atoms with E-state index in [1.54, 1.807) is 23.9 Å². The third-order valence-corrected chi connectivity index (χ3v) is 4.96. The van der Waals surface area contributed by atoms with Crippen LogP contribution in [0, 0.1) is 0 Å². The molecule has 0 amide bonds. The molecule has 126 valence electrons. The van der Waals surface area contributed by atoms with Crippen LogP contribution in [0.15, 0.2) is 83.8 Å². The van der Waals surface area contributed by atoms with E-state index in [1.807, 2.05) is 48.5 Å². The van der Waals surface area contributed by atoms with Crippen molar-refractivity contribution in [3.05, 3.63) is 95.6 Å². The van der Waals surface area contributed by atoms with E-state index in [4.69, 9.17) is 16.3 Å². The fourth-order valence-corrected chi connectivity index (χ4v) is 3.36. The topological polar surface area (TPSA) is 26.3 Å². The fraction of sp³-hybridized carbons (Fsp3) is 0.0952. The molecule has 0 unspecified atom stereocenters. The molecule has 3 rings (SSSR count). The molecule has 0 bridgehead atoms. The minimum absolute atomic E-state index is 0.434. The lowest BCUT2D eigenvalue weighted by Crippen LogP contribution is -1.97. The summed E-state index contributed by atoms with van der Waals surface area (Å²) in [5, 5.41) is -0.434. The lowest BCUT2D eigenvalue weighted by molar-refractivity contribution is 0.108. The number of thioether (sulfide) groups is 1. The smallest absolute Gasteiger partial charge is 0.252 e. The Bertz CT molecular complexity index is 832. The molecule has 0 atom stereocenters. The molecule has 0 saturated carbocycles. The Balaban J connectivity index is 1.63. The van der Waals surface area contributed by atoms with Gasteiger partial charge in [0.2, 0.25) is 0 Å². The molecule has 3 aromatic rings. The van der Waals surface area contributed by atoms with Gasteiger partial charge in [0.1, 0.15) is 12.4 Å². The Kier molecular flexibility index (Phi) is 6.15. The van der Waals surface area contributed by atoms with Crippen molar-refractivity contribution in [2.45, 2.75) is 17.3 Å². The summed E-state index contributed by atoms with van der Waals surface area (Å²) in [5.41, 5.74) is 2.80. The first-order valence-corrected chi connectivity index (χ1v) is 9.26. The maximum Gasteiger partial charge on any atom is 0.252 e. The fourth-order valence-electron chi connectivity index (χ4n) is 2.34. The summed E-state index contributed by atoms with van der Waals surface area (Å²) in [6.07, 6.45) is 0. The minimum Gasteiger partial charge on any atom is -0.489 e. The number of hydrogen-bond acceptors (Lipinski definition) is 3. The van der Waals surface area contributed by atoms with Crippen LogP contribution >= 0.6 is 23.4 Å². The van der Waals surface area contributed by atoms with Gasteiger partial charge in [-0.05, 0) is 47.5 Å². The van der Waals surface area contributed by atoms with Crippen molar-refractivity contribution in [3.63, 3.8) is 0 Å². The molecule has 0 aromatic heterocycles. The number of para-hydroxylation sites is 1. The highest BCUT2D eigenvalue weighted by Gasteiger charge is 2.06. The molecule has 2 nitrogen and oxygen atoms in total. The van der Waals surface area contributed by atoms with Gasteiger partial charge in [-0.1, -0.05) is 48.5 Å². The molecule has 0 spiro atoms. The minimum atomic E-state index is -0.434. The Morgan fingerprint density at radius 2 is 1.56 bits per heavy atom. The third kappa shape index (κ3) is 5.12. The largest absolute Gasteiger partial charge is 0.489 e. The number of hydrogen-bond donors (Lipinski definition) is 0. The first kappa shape index (κ1) is 17.6. The van der Waals surface area contributed by atoms with Crippen molar-refractivity contribution >= 4 is 28.6 Å². The van der Waals surface area contributed by atoms with Crippen molar-refractivity contribution in [2.24, 2.45) is 0 Å². The number of rotatable bonds is 7. The summed E-state index contributed by atoms with van der Waals surface area (Å²) in [6.45, 7) is 0.551. The van der Waals surface area contributed by atoms with Crippen molar-refractivity contribution in [3.8, 4) is 5.75 Å². The van der Waals surface area contributed by atoms with Crippen molar-refractivity contribution < 1.29 is 9.53 Å². The van der Waals surface area contributed by atoms with E-state index in [-0.39, 0.29) is 0 Å². The number of benzene rings is 3. The second-order valence-electron chi connectivity index (χ2n) is 5.47. The van der Waals surface area contributed by atoms with E-state index in [0.29, 0.717) is 12.2 Å². The lowest BCUT2D eigenvalue weighted by atomic mass is 10.2. The van der Waals surface area contributed by atoms with Gasteiger partial charge in [-0.25, -0.2) is 0 Å². The van der Waals surface area contributed by atoms with Crippen LogP contribution in [-0.4, -0.2) is 5.24 Å². The van der Waals surface area contributed by atoms with E-state index < -0.39 is 5.24 Å². The molecule has 0 aliphatic rings. The lowest BCUT2D eigenvalue weighted by Gasteiger charge is -2.11. The molecule has 0 N–H and O–H groups in total. The normalized spacial score (nSPS) is 10.4. The van der Waals surface area contributed by atoms with Crippen LogP contribution < -0.4 is 4.74 Å². The van der Waals surface area contributed by atoms with E-state index >= 15 is 0 Å². The maximum absolute atomic E-state index is 11.1. The molecule has 0 radical (unpaired) electrons. The first-order chi connectivity index (χ1) is 12.2. The van der Waals surface area contributed by atoms with Crippen LogP contribution in [0.4, 0.5) is 0 Å². The molecule has 0 aliphatic carbocycles. The summed E-state index contributed by atoms with van der Waals surface area (Å²) in [7, 11) is 0.